The van der Waals surface area contributed by atoms with Gasteiger partial charge in [-0.2, -0.15) is 0 Å². The lowest BCUT2D eigenvalue weighted by Crippen LogP contribution is -2.29. The molecule has 2 heteroatoms. The maximum atomic E-state index is 2.55. The number of hydrogen-bond acceptors (Lipinski definition) is 1. The van der Waals surface area contributed by atoms with E-state index < -0.39 is 5.41 Å². The average molecular weight is 879 g/mol. The summed E-state index contributed by atoms with van der Waals surface area (Å²) in [6.45, 7) is 0. The van der Waals surface area contributed by atoms with E-state index in [0.29, 0.717) is 0 Å². The van der Waals surface area contributed by atoms with Crippen molar-refractivity contribution in [3.8, 4) is 50.2 Å². The lowest BCUT2D eigenvalue weighted by atomic mass is 9.67. The fourth-order valence-corrected chi connectivity index (χ4v) is 11.3. The van der Waals surface area contributed by atoms with Crippen molar-refractivity contribution in [2.24, 2.45) is 0 Å². The van der Waals surface area contributed by atoms with Crippen LogP contribution in [0, 0.1) is 0 Å². The minimum Gasteiger partial charge on any atom is -0.310 e. The quantitative estimate of drug-likeness (QED) is 0.140. The van der Waals surface area contributed by atoms with E-state index in [9.17, 15) is 0 Å². The molecule has 0 fully saturated rings. The Bertz CT molecular complexity index is 3680. The minimum absolute atomic E-state index is 0.570. The molecule has 1 heterocycles. The number of anilines is 3. The molecule has 11 aromatic carbocycles. The second-order valence-electron chi connectivity index (χ2n) is 18.0. The third-order valence-corrected chi connectivity index (χ3v) is 14.3. The van der Waals surface area contributed by atoms with Gasteiger partial charge in [0.15, 0.2) is 0 Å². The molecule has 0 radical (unpaired) electrons. The number of rotatable bonds is 9. The highest BCUT2D eigenvalue weighted by Crippen LogP contribution is 2.58. The predicted octanol–water partition coefficient (Wildman–Crippen LogP) is 17.6. The summed E-state index contributed by atoms with van der Waals surface area (Å²) in [4.78, 5) is 2.41. The van der Waals surface area contributed by atoms with Gasteiger partial charge in [0.2, 0.25) is 0 Å². The van der Waals surface area contributed by atoms with Crippen LogP contribution in [-0.4, -0.2) is 4.57 Å². The highest BCUT2D eigenvalue weighted by molar-refractivity contribution is 6.11. The largest absolute Gasteiger partial charge is 0.310 e. The van der Waals surface area contributed by atoms with Gasteiger partial charge in [-0.15, -0.1) is 0 Å². The van der Waals surface area contributed by atoms with Gasteiger partial charge in [0.05, 0.1) is 27.8 Å². The van der Waals surface area contributed by atoms with E-state index in [1.165, 1.54) is 77.6 Å². The van der Waals surface area contributed by atoms with E-state index in [1.807, 2.05) is 0 Å². The van der Waals surface area contributed by atoms with E-state index in [4.69, 9.17) is 0 Å². The number of nitrogens with zero attached hydrogens (tertiary/aromatic N) is 2. The van der Waals surface area contributed by atoms with Crippen molar-refractivity contribution in [3.63, 3.8) is 0 Å². The second-order valence-corrected chi connectivity index (χ2v) is 18.0. The molecule has 0 spiro atoms. The van der Waals surface area contributed by atoms with Crippen molar-refractivity contribution >= 4 is 38.9 Å². The molecule has 12 aromatic rings. The first-order valence-electron chi connectivity index (χ1n) is 23.8. The monoisotopic (exact) mass is 878 g/mol. The summed E-state index contributed by atoms with van der Waals surface area (Å²) in [5.41, 5.74) is 20.9. The third kappa shape index (κ3) is 6.56. The summed E-state index contributed by atoms with van der Waals surface area (Å²) in [6.07, 6.45) is 0. The molecule has 0 saturated carbocycles. The van der Waals surface area contributed by atoms with E-state index in [-0.39, 0.29) is 0 Å². The SMILES string of the molecule is c1ccc(-c2ccc(N(c3ccc(-c4ccccc4)cc3)c3ccccc3-c3ccc4c5ccccc5n(-c5cccc6c5C(c5ccccc5)(c5ccccc5)c5ccccc5-6)c4c3)cc2)cc1. The molecule has 324 valence electrons. The molecule has 2 nitrogen and oxygen atoms in total. The van der Waals surface area contributed by atoms with Gasteiger partial charge in [-0.3, -0.25) is 0 Å². The summed E-state index contributed by atoms with van der Waals surface area (Å²) >= 11 is 0. The molecule has 0 saturated heterocycles. The Balaban J connectivity index is 1.03. The van der Waals surface area contributed by atoms with Crippen molar-refractivity contribution in [2.75, 3.05) is 4.90 Å². The van der Waals surface area contributed by atoms with Crippen molar-refractivity contribution in [2.45, 2.75) is 5.41 Å². The Kier molecular flexibility index (Phi) is 9.77. The van der Waals surface area contributed by atoms with Gasteiger partial charge in [-0.1, -0.05) is 231 Å². The van der Waals surface area contributed by atoms with Gasteiger partial charge in [-0.05, 0) is 104 Å². The molecular weight excluding hydrogens is 833 g/mol. The fraction of sp³-hybridized carbons (Fsp3) is 0.0149. The number of aromatic nitrogens is 1. The predicted molar refractivity (Wildman–Crippen MR) is 289 cm³/mol. The molecule has 0 bridgehead atoms. The molecule has 0 N–H and O–H groups in total. The molecule has 1 aromatic heterocycles. The Morgan fingerprint density at radius 2 is 0.768 bits per heavy atom. The van der Waals surface area contributed by atoms with Crippen LogP contribution in [0.2, 0.25) is 0 Å². The van der Waals surface area contributed by atoms with Crippen LogP contribution in [0.1, 0.15) is 22.3 Å². The normalized spacial score (nSPS) is 12.5. The van der Waals surface area contributed by atoms with Crippen LogP contribution in [0.25, 0.3) is 72.0 Å². The van der Waals surface area contributed by atoms with Crippen molar-refractivity contribution in [1.29, 1.82) is 0 Å². The van der Waals surface area contributed by atoms with E-state index >= 15 is 0 Å². The van der Waals surface area contributed by atoms with Crippen LogP contribution in [0.4, 0.5) is 17.1 Å². The van der Waals surface area contributed by atoms with Crippen LogP contribution >= 0.6 is 0 Å². The molecule has 1 aliphatic carbocycles. The Morgan fingerprint density at radius 1 is 0.304 bits per heavy atom. The van der Waals surface area contributed by atoms with Gasteiger partial charge in [0.25, 0.3) is 0 Å². The summed E-state index contributed by atoms with van der Waals surface area (Å²) < 4.78 is 2.55. The van der Waals surface area contributed by atoms with Crippen LogP contribution in [0.3, 0.4) is 0 Å². The average Bonchev–Trinajstić information content (AvgIpc) is 3.93. The maximum absolute atomic E-state index is 2.55. The standard InChI is InChI=1S/C67H46N2/c1-5-20-47(21-6-1)49-36-41-54(42-37-49)68(55-43-38-50(39-44-55)48-22-7-2-8-23-48)62-33-17-14-28-56(62)51-40-45-59-58-30-15-18-34-63(58)69(65(59)46-51)64-35-19-31-60-57-29-13-16-32-61(57)67(66(60)64,52-24-9-3-10-25-52)53-26-11-4-12-27-53/h1-46H. The highest BCUT2D eigenvalue weighted by Gasteiger charge is 2.48. The number of fused-ring (bicyclic) bond motifs is 6. The lowest BCUT2D eigenvalue weighted by Gasteiger charge is -2.35. The zero-order valence-corrected chi connectivity index (χ0v) is 38.0. The first-order valence-corrected chi connectivity index (χ1v) is 23.8. The summed E-state index contributed by atoms with van der Waals surface area (Å²) in [5.74, 6) is 0. The van der Waals surface area contributed by atoms with Crippen LogP contribution in [0.15, 0.2) is 279 Å². The number of benzene rings is 11. The molecular formula is C67H46N2. The van der Waals surface area contributed by atoms with Crippen molar-refractivity contribution < 1.29 is 0 Å². The van der Waals surface area contributed by atoms with Crippen LogP contribution in [0.5, 0.6) is 0 Å². The van der Waals surface area contributed by atoms with Gasteiger partial charge in [0, 0.05) is 33.3 Å². The molecule has 0 aliphatic heterocycles. The highest BCUT2D eigenvalue weighted by atomic mass is 15.1. The second kappa shape index (κ2) is 16.7. The molecule has 1 aliphatic rings. The molecule has 13 rings (SSSR count). The smallest absolute Gasteiger partial charge is 0.0734 e. The Morgan fingerprint density at radius 3 is 1.39 bits per heavy atom. The molecule has 0 unspecified atom stereocenters. The lowest BCUT2D eigenvalue weighted by molar-refractivity contribution is 0.762. The summed E-state index contributed by atoms with van der Waals surface area (Å²) in [6, 6.07) is 102. The minimum atomic E-state index is -0.570. The zero-order valence-electron chi connectivity index (χ0n) is 38.0. The van der Waals surface area contributed by atoms with Crippen LogP contribution < -0.4 is 4.90 Å². The van der Waals surface area contributed by atoms with E-state index in [2.05, 4.69) is 289 Å². The Hall–Kier alpha value is -8.98. The van der Waals surface area contributed by atoms with E-state index in [0.717, 1.165) is 33.7 Å². The summed E-state index contributed by atoms with van der Waals surface area (Å²) in [5, 5.41) is 2.44. The van der Waals surface area contributed by atoms with Gasteiger partial charge in [0.1, 0.15) is 0 Å². The van der Waals surface area contributed by atoms with Gasteiger partial charge >= 0.3 is 0 Å². The summed E-state index contributed by atoms with van der Waals surface area (Å²) in [7, 11) is 0. The molecule has 0 atom stereocenters. The third-order valence-electron chi connectivity index (χ3n) is 14.3. The first-order chi connectivity index (χ1) is 34.3. The topological polar surface area (TPSA) is 8.17 Å². The van der Waals surface area contributed by atoms with Crippen molar-refractivity contribution in [3.05, 3.63) is 301 Å². The molecule has 0 amide bonds. The fourth-order valence-electron chi connectivity index (χ4n) is 11.3. The Labute approximate surface area is 403 Å². The van der Waals surface area contributed by atoms with Gasteiger partial charge < -0.3 is 9.47 Å². The maximum Gasteiger partial charge on any atom is 0.0734 e. The van der Waals surface area contributed by atoms with Gasteiger partial charge in [-0.25, -0.2) is 0 Å². The first kappa shape index (κ1) is 40.3. The zero-order chi connectivity index (χ0) is 45.7. The number of hydrogen-bond donors (Lipinski definition) is 0. The molecule has 69 heavy (non-hydrogen) atoms. The van der Waals surface area contributed by atoms with Crippen LogP contribution in [-0.2, 0) is 5.41 Å². The number of para-hydroxylation sites is 2. The van der Waals surface area contributed by atoms with Crippen molar-refractivity contribution in [1.82, 2.24) is 4.57 Å². The van der Waals surface area contributed by atoms with E-state index in [1.54, 1.807) is 0 Å².